The number of amides is 2. The summed E-state index contributed by atoms with van der Waals surface area (Å²) in [5.74, 6) is -0.553. The number of urea groups is 1. The Labute approximate surface area is 240 Å². The number of hydrogen-bond donors (Lipinski definition) is 1. The molecule has 39 heavy (non-hydrogen) atoms. The largest absolute Gasteiger partial charge is 0.464 e. The van der Waals surface area contributed by atoms with Crippen molar-refractivity contribution in [3.63, 3.8) is 0 Å². The second-order valence-electron chi connectivity index (χ2n) is 9.45. The molecule has 0 aliphatic carbocycles. The molecule has 2 aromatic rings. The highest BCUT2D eigenvalue weighted by Gasteiger charge is 2.49. The van der Waals surface area contributed by atoms with E-state index in [0.717, 1.165) is 5.69 Å². The van der Waals surface area contributed by atoms with Gasteiger partial charge in [-0.25, -0.2) is 19.4 Å². The molecule has 1 aliphatic heterocycles. The van der Waals surface area contributed by atoms with E-state index in [1.54, 1.807) is 53.1 Å². The molecule has 0 saturated carbocycles. The summed E-state index contributed by atoms with van der Waals surface area (Å²) in [5.41, 5.74) is 1.50. The molecule has 212 valence electrons. The number of carbonyl (C=O) groups is 3. The van der Waals surface area contributed by atoms with Gasteiger partial charge >= 0.3 is 18.0 Å². The molecule has 2 aromatic carbocycles. The number of carbonyl (C=O) groups excluding carboxylic acids is 3. The first-order valence-electron chi connectivity index (χ1n) is 12.6. The van der Waals surface area contributed by atoms with Crippen LogP contribution in [-0.2, 0) is 19.1 Å². The van der Waals surface area contributed by atoms with E-state index < -0.39 is 17.5 Å². The number of halogens is 2. The molecule has 0 bridgehead atoms. The van der Waals surface area contributed by atoms with Crippen LogP contribution in [0.4, 0.5) is 16.2 Å². The van der Waals surface area contributed by atoms with Crippen LogP contribution in [0.3, 0.4) is 0 Å². The minimum atomic E-state index is -1.20. The number of nitrogens with zero attached hydrogens (tertiary/aromatic N) is 3. The Morgan fingerprint density at radius 1 is 1.05 bits per heavy atom. The van der Waals surface area contributed by atoms with Crippen molar-refractivity contribution in [2.75, 3.05) is 37.6 Å². The van der Waals surface area contributed by atoms with Gasteiger partial charge in [0.25, 0.3) is 0 Å². The fourth-order valence-corrected chi connectivity index (χ4v) is 4.09. The molecule has 1 atom stereocenters. The second kappa shape index (κ2) is 14.2. The Kier molecular flexibility index (Phi) is 11.6. The highest BCUT2D eigenvalue weighted by Crippen LogP contribution is 2.39. The van der Waals surface area contributed by atoms with Crippen molar-refractivity contribution in [3.8, 4) is 0 Å². The van der Waals surface area contributed by atoms with E-state index in [2.05, 4.69) is 24.3 Å². The maximum absolute atomic E-state index is 12.5. The topological polar surface area (TPSA) is 101 Å². The molecule has 0 aromatic heterocycles. The lowest BCUT2D eigenvalue weighted by Gasteiger charge is -2.32. The first-order valence-corrected chi connectivity index (χ1v) is 13.3. The monoisotopic (exact) mass is 578 g/mol. The molecule has 0 radical (unpaired) electrons. The molecule has 0 spiro atoms. The summed E-state index contributed by atoms with van der Waals surface area (Å²) < 4.78 is 10.1. The van der Waals surface area contributed by atoms with Crippen LogP contribution in [0, 0.1) is 0 Å². The third-order valence-electron chi connectivity index (χ3n) is 5.80. The third kappa shape index (κ3) is 8.34. The summed E-state index contributed by atoms with van der Waals surface area (Å²) in [7, 11) is 3.44. The van der Waals surface area contributed by atoms with Crippen LogP contribution >= 0.6 is 23.2 Å². The smallest absolute Gasteiger partial charge is 0.354 e. The molecular formula is C28H36Cl2N4O5. The fourth-order valence-electron chi connectivity index (χ4n) is 3.60. The SMILES string of the molecule is CC(C)c1ccc(NC(=O)N(C)C)cc1.CCOC(=O)C1=NN(c2ccc(Cl)cc2Cl)C(C)(C(=O)OCC)C1. The third-order valence-corrected chi connectivity index (χ3v) is 6.34. The van der Waals surface area contributed by atoms with Gasteiger partial charge in [0.1, 0.15) is 5.71 Å². The number of esters is 2. The lowest BCUT2D eigenvalue weighted by molar-refractivity contribution is -0.148. The average Bonchev–Trinajstić information content (AvgIpc) is 3.23. The van der Waals surface area contributed by atoms with Crippen molar-refractivity contribution in [2.45, 2.75) is 52.5 Å². The van der Waals surface area contributed by atoms with Gasteiger partial charge in [-0.05, 0) is 62.6 Å². The Morgan fingerprint density at radius 3 is 2.18 bits per heavy atom. The maximum atomic E-state index is 12.5. The van der Waals surface area contributed by atoms with E-state index in [4.69, 9.17) is 32.7 Å². The van der Waals surface area contributed by atoms with Crippen LogP contribution in [0.15, 0.2) is 47.6 Å². The summed E-state index contributed by atoms with van der Waals surface area (Å²) in [6, 6.07) is 12.6. The van der Waals surface area contributed by atoms with Gasteiger partial charge in [0, 0.05) is 31.2 Å². The van der Waals surface area contributed by atoms with Gasteiger partial charge in [0.2, 0.25) is 0 Å². The Morgan fingerprint density at radius 2 is 1.67 bits per heavy atom. The first-order chi connectivity index (χ1) is 18.3. The summed E-state index contributed by atoms with van der Waals surface area (Å²) >= 11 is 12.2. The van der Waals surface area contributed by atoms with Crippen molar-refractivity contribution in [3.05, 3.63) is 58.1 Å². The Hall–Kier alpha value is -3.30. The Bertz CT molecular complexity index is 1200. The van der Waals surface area contributed by atoms with Crippen LogP contribution in [0.25, 0.3) is 0 Å². The highest BCUT2D eigenvalue weighted by atomic mass is 35.5. The summed E-state index contributed by atoms with van der Waals surface area (Å²) in [4.78, 5) is 37.4. The van der Waals surface area contributed by atoms with Crippen LogP contribution in [0.2, 0.25) is 10.0 Å². The molecule has 0 saturated heterocycles. The number of benzene rings is 2. The van der Waals surface area contributed by atoms with Crippen molar-refractivity contribution < 1.29 is 23.9 Å². The zero-order valence-electron chi connectivity index (χ0n) is 23.4. The standard InChI is InChI=1S/C16H18Cl2N2O4.C12H18N2O/c1-4-23-14(21)12-9-16(3,15(22)24-5-2)20(19-12)13-7-6-10(17)8-11(13)18;1-9(2)10-5-7-11(8-6-10)13-12(15)14(3)4/h6-8H,4-5,9H2,1-3H3;5-9H,1-4H3,(H,13,15). The quantitative estimate of drug-likeness (QED) is 0.384. The van der Waals surface area contributed by atoms with Crippen LogP contribution < -0.4 is 10.3 Å². The predicted octanol–water partition coefficient (Wildman–Crippen LogP) is 6.35. The zero-order chi connectivity index (χ0) is 29.3. The van der Waals surface area contributed by atoms with Crippen molar-refractivity contribution in [1.82, 2.24) is 4.90 Å². The average molecular weight is 580 g/mol. The highest BCUT2D eigenvalue weighted by molar-refractivity contribution is 6.39. The number of hydrogen-bond acceptors (Lipinski definition) is 7. The molecule has 0 fully saturated rings. The molecule has 1 N–H and O–H groups in total. The number of nitrogens with one attached hydrogen (secondary N) is 1. The molecule has 9 nitrogen and oxygen atoms in total. The van der Waals surface area contributed by atoms with Gasteiger partial charge in [0.15, 0.2) is 5.54 Å². The van der Waals surface area contributed by atoms with E-state index in [-0.39, 0.29) is 31.4 Å². The van der Waals surface area contributed by atoms with E-state index >= 15 is 0 Å². The van der Waals surface area contributed by atoms with Crippen molar-refractivity contribution >= 4 is 58.3 Å². The number of ether oxygens (including phenoxy) is 2. The zero-order valence-corrected chi connectivity index (χ0v) is 24.9. The molecule has 2 amide bonds. The number of rotatable bonds is 7. The summed E-state index contributed by atoms with van der Waals surface area (Å²) in [6.07, 6.45) is 0.0591. The second-order valence-corrected chi connectivity index (χ2v) is 10.3. The van der Waals surface area contributed by atoms with Crippen molar-refractivity contribution in [2.24, 2.45) is 5.10 Å². The van der Waals surface area contributed by atoms with Gasteiger partial charge in [-0.15, -0.1) is 0 Å². The van der Waals surface area contributed by atoms with Crippen LogP contribution in [0.1, 0.15) is 52.5 Å². The van der Waals surface area contributed by atoms with E-state index in [9.17, 15) is 14.4 Å². The lowest BCUT2D eigenvalue weighted by Crippen LogP contribution is -2.48. The number of anilines is 2. The van der Waals surface area contributed by atoms with E-state index in [1.807, 2.05) is 24.3 Å². The summed E-state index contributed by atoms with van der Waals surface area (Å²) in [5, 5.41) is 9.23. The molecule has 1 aliphatic rings. The minimum absolute atomic E-state index is 0.0591. The first kappa shape index (κ1) is 31.9. The van der Waals surface area contributed by atoms with E-state index in [1.165, 1.54) is 15.5 Å². The van der Waals surface area contributed by atoms with Gasteiger partial charge in [-0.1, -0.05) is 49.2 Å². The Balaban J connectivity index is 0.000000306. The predicted molar refractivity (Wildman–Crippen MR) is 156 cm³/mol. The molecular weight excluding hydrogens is 543 g/mol. The van der Waals surface area contributed by atoms with Gasteiger partial charge in [0.05, 0.1) is 23.9 Å². The lowest BCUT2D eigenvalue weighted by atomic mass is 9.95. The van der Waals surface area contributed by atoms with Gasteiger partial charge in [-0.2, -0.15) is 5.10 Å². The normalized spacial score (nSPS) is 16.2. The van der Waals surface area contributed by atoms with Gasteiger partial charge < -0.3 is 19.7 Å². The maximum Gasteiger partial charge on any atom is 0.354 e. The fraction of sp³-hybridized carbons (Fsp3) is 0.429. The minimum Gasteiger partial charge on any atom is -0.464 e. The van der Waals surface area contributed by atoms with Gasteiger partial charge in [-0.3, -0.25) is 0 Å². The molecule has 11 heteroatoms. The molecule has 3 rings (SSSR count). The van der Waals surface area contributed by atoms with Crippen molar-refractivity contribution in [1.29, 1.82) is 0 Å². The van der Waals surface area contributed by atoms with Crippen LogP contribution in [0.5, 0.6) is 0 Å². The summed E-state index contributed by atoms with van der Waals surface area (Å²) in [6.45, 7) is 9.78. The van der Waals surface area contributed by atoms with E-state index in [0.29, 0.717) is 21.7 Å². The van der Waals surface area contributed by atoms with Crippen LogP contribution in [-0.4, -0.2) is 61.4 Å². The molecule has 1 unspecified atom stereocenters. The molecule has 1 heterocycles. The number of hydrazone groups is 1.